The fraction of sp³-hybridized carbons (Fsp3) is 0. The molecule has 0 N–H and O–H groups in total. The average Bonchev–Trinajstić information content (AvgIpc) is 2.86. The summed E-state index contributed by atoms with van der Waals surface area (Å²) in [7, 11) is -10.8. The molecule has 0 aliphatic rings. The molecule has 0 spiro atoms. The van der Waals surface area contributed by atoms with E-state index in [1.807, 2.05) is 36.4 Å². The number of hydrogen-bond donors (Lipinski definition) is 0. The van der Waals surface area contributed by atoms with Crippen LogP contribution < -0.4 is 0 Å². The standard InChI is InChI=1S/C18H10Cl3S.F6P/c19-11-1-5-14(6-2-11)22-17-7-3-12(20)9-15(17)16-10-13(21)4-8-18(16)22;1-7(2,3,4,5)6/h1-10H;/q+1;-1. The number of halogens is 9. The van der Waals surface area contributed by atoms with Crippen molar-refractivity contribution < 1.29 is 25.2 Å². The van der Waals surface area contributed by atoms with Crippen LogP contribution in [0.2, 0.25) is 15.1 Å². The topological polar surface area (TPSA) is 0 Å². The molecule has 0 amide bonds. The monoisotopic (exact) mass is 508 g/mol. The van der Waals surface area contributed by atoms with Gasteiger partial charge in [-0.2, -0.15) is 0 Å². The summed E-state index contributed by atoms with van der Waals surface area (Å²) in [6, 6.07) is 20.2. The number of fused-ring (bicyclic) bond motifs is 3. The Balaban J connectivity index is 0.000000298. The molecule has 1 heterocycles. The van der Waals surface area contributed by atoms with Crippen molar-refractivity contribution in [2.75, 3.05) is 0 Å². The molecule has 11 heteroatoms. The van der Waals surface area contributed by atoms with Crippen molar-refractivity contribution in [3.63, 3.8) is 0 Å². The molecular weight excluding hydrogens is 500 g/mol. The van der Waals surface area contributed by atoms with Crippen molar-refractivity contribution in [2.45, 2.75) is 0 Å². The van der Waals surface area contributed by atoms with Crippen molar-refractivity contribution in [3.05, 3.63) is 75.7 Å². The first-order chi connectivity index (χ1) is 13.1. The molecule has 0 atom stereocenters. The van der Waals surface area contributed by atoms with E-state index in [1.165, 1.54) is 25.1 Å². The number of benzene rings is 3. The molecule has 1 aromatic heterocycles. The maximum absolute atomic E-state index is 10.7. The predicted molar refractivity (Wildman–Crippen MR) is 114 cm³/mol. The molecule has 0 aliphatic heterocycles. The Hall–Kier alpha value is -1.24. The summed E-state index contributed by atoms with van der Waals surface area (Å²) < 4.78 is 61.8. The van der Waals surface area contributed by atoms with Crippen LogP contribution in [0.4, 0.5) is 25.2 Å². The molecule has 0 saturated heterocycles. The average molecular weight is 510 g/mol. The summed E-state index contributed by atoms with van der Waals surface area (Å²) in [5.41, 5.74) is 0. The number of thiophene rings is 1. The molecule has 156 valence electrons. The molecular formula is C18H10Cl3F6PS. The zero-order valence-corrected chi connectivity index (χ0v) is 18.0. The van der Waals surface area contributed by atoms with E-state index in [2.05, 4.69) is 24.3 Å². The van der Waals surface area contributed by atoms with Crippen molar-refractivity contribution in [1.29, 1.82) is 0 Å². The van der Waals surface area contributed by atoms with Crippen LogP contribution in [0.15, 0.2) is 60.7 Å². The maximum atomic E-state index is 9.87. The third-order valence-corrected chi connectivity index (χ3v) is 6.72. The molecule has 3 aromatic carbocycles. The summed E-state index contributed by atoms with van der Waals surface area (Å²) in [5, 5.41) is 4.57. The van der Waals surface area contributed by atoms with E-state index in [4.69, 9.17) is 34.8 Å². The molecule has 4 aromatic rings. The molecule has 0 saturated carbocycles. The van der Waals surface area contributed by atoms with E-state index in [1.54, 1.807) is 0 Å². The molecule has 0 aliphatic carbocycles. The first-order valence-electron chi connectivity index (χ1n) is 7.74. The van der Waals surface area contributed by atoms with Crippen LogP contribution >= 0.6 is 53.1 Å². The Morgan fingerprint density at radius 3 is 1.28 bits per heavy atom. The second-order valence-electron chi connectivity index (χ2n) is 6.00. The SMILES string of the molecule is Clc1ccc(-[s+]2c3ccc(Cl)cc3c3cc(Cl)ccc32)cc1.F[P-](F)(F)(F)(F)F. The molecule has 0 unspecified atom stereocenters. The molecule has 4 rings (SSSR count). The molecule has 0 radical (unpaired) electrons. The minimum absolute atomic E-state index is 0.141. The normalized spacial score (nSPS) is 14.2. The van der Waals surface area contributed by atoms with E-state index in [9.17, 15) is 25.2 Å². The van der Waals surface area contributed by atoms with Crippen LogP contribution in [0.3, 0.4) is 0 Å². The van der Waals surface area contributed by atoms with Gasteiger partial charge in [-0.15, -0.1) is 0 Å². The summed E-state index contributed by atoms with van der Waals surface area (Å²) in [6.07, 6.45) is 0. The van der Waals surface area contributed by atoms with Crippen molar-refractivity contribution in [3.8, 4) is 4.90 Å². The van der Waals surface area contributed by atoms with Crippen molar-refractivity contribution in [2.24, 2.45) is 0 Å². The van der Waals surface area contributed by atoms with E-state index in [0.29, 0.717) is 0 Å². The summed E-state index contributed by atoms with van der Waals surface area (Å²) in [4.78, 5) is 1.24. The third-order valence-electron chi connectivity index (χ3n) is 3.66. The minimum atomic E-state index is -10.7. The van der Waals surface area contributed by atoms with E-state index >= 15 is 0 Å². The molecule has 0 nitrogen and oxygen atoms in total. The van der Waals surface area contributed by atoms with Gasteiger partial charge in [0, 0.05) is 48.4 Å². The van der Waals surface area contributed by atoms with Gasteiger partial charge in [0.1, 0.15) is 0 Å². The number of hydrogen-bond acceptors (Lipinski definition) is 0. The van der Waals surface area contributed by atoms with E-state index in [-0.39, 0.29) is 10.5 Å². The molecule has 0 bridgehead atoms. The molecule has 29 heavy (non-hydrogen) atoms. The van der Waals surface area contributed by atoms with Crippen LogP contribution in [0.25, 0.3) is 25.1 Å². The first kappa shape index (κ1) is 22.4. The Bertz CT molecular complexity index is 1150. The van der Waals surface area contributed by atoms with Gasteiger partial charge in [0.15, 0.2) is 14.3 Å². The Morgan fingerprint density at radius 2 is 0.897 bits per heavy atom. The van der Waals surface area contributed by atoms with Crippen LogP contribution in [-0.4, -0.2) is 0 Å². The van der Waals surface area contributed by atoms with E-state index < -0.39 is 7.81 Å². The number of rotatable bonds is 1. The van der Waals surface area contributed by atoms with Gasteiger partial charge in [-0.25, -0.2) is 0 Å². The van der Waals surface area contributed by atoms with Gasteiger partial charge in [0.2, 0.25) is 0 Å². The fourth-order valence-corrected chi connectivity index (χ4v) is 5.53. The Labute approximate surface area is 178 Å². The first-order valence-corrected chi connectivity index (χ1v) is 12.1. The van der Waals surface area contributed by atoms with Gasteiger partial charge >= 0.3 is 33.0 Å². The summed E-state index contributed by atoms with van der Waals surface area (Å²) in [6.45, 7) is 0. The Morgan fingerprint density at radius 1 is 0.552 bits per heavy atom. The Kier molecular flexibility index (Phi) is 5.33. The van der Waals surface area contributed by atoms with Gasteiger partial charge in [-0.05, 0) is 48.5 Å². The third kappa shape index (κ3) is 6.37. The van der Waals surface area contributed by atoms with Crippen molar-refractivity contribution >= 4 is 73.3 Å². The zero-order valence-electron chi connectivity index (χ0n) is 14.0. The molecule has 0 fully saturated rings. The van der Waals surface area contributed by atoms with E-state index in [0.717, 1.165) is 15.1 Å². The second kappa shape index (κ2) is 6.89. The van der Waals surface area contributed by atoms with Gasteiger partial charge in [-0.1, -0.05) is 34.8 Å². The predicted octanol–water partition coefficient (Wildman–Crippen LogP) is 11.1. The zero-order chi connectivity index (χ0) is 21.7. The van der Waals surface area contributed by atoms with Crippen LogP contribution in [0.1, 0.15) is 0 Å². The van der Waals surface area contributed by atoms with Crippen LogP contribution in [0.5, 0.6) is 0 Å². The summed E-state index contributed by atoms with van der Waals surface area (Å²) >= 11 is 18.4. The summed E-state index contributed by atoms with van der Waals surface area (Å²) in [5.74, 6) is 0. The van der Waals surface area contributed by atoms with Gasteiger partial charge in [0.05, 0.1) is 0 Å². The van der Waals surface area contributed by atoms with Gasteiger partial charge in [-0.3, -0.25) is 0 Å². The second-order valence-corrected chi connectivity index (χ2v) is 11.2. The van der Waals surface area contributed by atoms with Crippen molar-refractivity contribution in [1.82, 2.24) is 0 Å². The van der Waals surface area contributed by atoms with Gasteiger partial charge < -0.3 is 0 Å². The van der Waals surface area contributed by atoms with Crippen LogP contribution in [-0.2, 0) is 0 Å². The quantitative estimate of drug-likeness (QED) is 0.136. The fourth-order valence-electron chi connectivity index (χ4n) is 2.72. The van der Waals surface area contributed by atoms with Crippen LogP contribution in [0, 0.1) is 0 Å². The van der Waals surface area contributed by atoms with Gasteiger partial charge in [0.25, 0.3) is 0 Å².